The molecular weight excluding hydrogens is 218 g/mol. The van der Waals surface area contributed by atoms with Crippen LogP contribution in [0.4, 0.5) is 4.79 Å². The summed E-state index contributed by atoms with van der Waals surface area (Å²) in [7, 11) is 0. The van der Waals surface area contributed by atoms with Gasteiger partial charge in [0.15, 0.2) is 0 Å². The Balaban J connectivity index is 3.23. The van der Waals surface area contributed by atoms with E-state index in [0.29, 0.717) is 25.1 Å². The molecule has 5 heteroatoms. The second-order valence-corrected chi connectivity index (χ2v) is 4.84. The molecule has 0 spiro atoms. The van der Waals surface area contributed by atoms with Crippen LogP contribution in [0.3, 0.4) is 0 Å². The zero-order chi connectivity index (χ0) is 13.1. The largest absolute Gasteiger partial charge is 0.338 e. The summed E-state index contributed by atoms with van der Waals surface area (Å²) >= 11 is 0. The van der Waals surface area contributed by atoms with Gasteiger partial charge in [-0.3, -0.25) is 4.84 Å². The molecule has 0 unspecified atom stereocenters. The maximum Gasteiger partial charge on any atom is 0.314 e. The van der Waals surface area contributed by atoms with E-state index < -0.39 is 0 Å². The van der Waals surface area contributed by atoms with Gasteiger partial charge in [0, 0.05) is 19.1 Å². The molecule has 0 radical (unpaired) electrons. The summed E-state index contributed by atoms with van der Waals surface area (Å²) in [4.78, 5) is 16.4. The van der Waals surface area contributed by atoms with Crippen molar-refractivity contribution < 1.29 is 9.63 Å². The molecule has 0 atom stereocenters. The Hall–Kier alpha value is -0.810. The summed E-state index contributed by atoms with van der Waals surface area (Å²) in [6.07, 6.45) is 2.16. The fourth-order valence-electron chi connectivity index (χ4n) is 1.22. The molecule has 0 aliphatic carbocycles. The van der Waals surface area contributed by atoms with Crippen molar-refractivity contribution in [2.75, 3.05) is 19.7 Å². The van der Waals surface area contributed by atoms with Crippen LogP contribution in [0.15, 0.2) is 0 Å². The number of carbonyl (C=O) groups excluding carboxylic acids is 1. The van der Waals surface area contributed by atoms with Gasteiger partial charge in [-0.15, -0.1) is 0 Å². The monoisotopic (exact) mass is 245 g/mol. The fourth-order valence-corrected chi connectivity index (χ4v) is 1.22. The highest BCUT2D eigenvalue weighted by atomic mass is 16.6. The number of hydrogen-bond acceptors (Lipinski definition) is 3. The van der Waals surface area contributed by atoms with Gasteiger partial charge in [-0.25, -0.2) is 4.79 Å². The van der Waals surface area contributed by atoms with Gasteiger partial charge < -0.3 is 10.6 Å². The van der Waals surface area contributed by atoms with E-state index in [1.165, 1.54) is 0 Å². The Kier molecular flexibility index (Phi) is 9.86. The van der Waals surface area contributed by atoms with Crippen molar-refractivity contribution in [3.63, 3.8) is 0 Å². The van der Waals surface area contributed by atoms with E-state index in [0.717, 1.165) is 19.4 Å². The number of rotatable bonds is 9. The predicted molar refractivity (Wildman–Crippen MR) is 69.7 cm³/mol. The quantitative estimate of drug-likeness (QED) is 0.427. The van der Waals surface area contributed by atoms with E-state index in [-0.39, 0.29) is 6.03 Å². The Morgan fingerprint density at radius 2 is 1.76 bits per heavy atom. The second-order valence-electron chi connectivity index (χ2n) is 4.84. The lowest BCUT2D eigenvalue weighted by molar-refractivity contribution is 0.0270. The van der Waals surface area contributed by atoms with Crippen LogP contribution in [-0.4, -0.2) is 31.8 Å². The Morgan fingerprint density at radius 3 is 2.35 bits per heavy atom. The van der Waals surface area contributed by atoms with E-state index in [1.54, 1.807) is 0 Å². The third kappa shape index (κ3) is 13.1. The van der Waals surface area contributed by atoms with E-state index >= 15 is 0 Å². The summed E-state index contributed by atoms with van der Waals surface area (Å²) in [6.45, 7) is 10.1. The molecule has 0 aromatic carbocycles. The van der Waals surface area contributed by atoms with Gasteiger partial charge in [-0.2, -0.15) is 5.48 Å². The molecule has 0 fully saturated rings. The zero-order valence-electron chi connectivity index (χ0n) is 11.5. The molecule has 0 aliphatic heterocycles. The number of carbonyl (C=O) groups is 1. The number of urea groups is 1. The van der Waals surface area contributed by atoms with Crippen molar-refractivity contribution in [1.29, 1.82) is 0 Å². The second kappa shape index (κ2) is 10.4. The molecule has 102 valence electrons. The van der Waals surface area contributed by atoms with Crippen LogP contribution in [-0.2, 0) is 4.84 Å². The Labute approximate surface area is 105 Å². The van der Waals surface area contributed by atoms with Gasteiger partial charge in [0.2, 0.25) is 0 Å². The van der Waals surface area contributed by atoms with Crippen molar-refractivity contribution in [3.8, 4) is 0 Å². The Morgan fingerprint density at radius 1 is 1.12 bits per heavy atom. The smallest absolute Gasteiger partial charge is 0.314 e. The van der Waals surface area contributed by atoms with Gasteiger partial charge in [0.05, 0.1) is 6.61 Å². The van der Waals surface area contributed by atoms with Crippen LogP contribution >= 0.6 is 0 Å². The lowest BCUT2D eigenvalue weighted by Crippen LogP contribution is -2.38. The van der Waals surface area contributed by atoms with Gasteiger partial charge in [0.1, 0.15) is 0 Å². The van der Waals surface area contributed by atoms with Crippen LogP contribution in [0.5, 0.6) is 0 Å². The van der Waals surface area contributed by atoms with Gasteiger partial charge in [-0.1, -0.05) is 13.8 Å². The number of hydrogen-bond donors (Lipinski definition) is 3. The molecule has 0 bridgehead atoms. The number of amides is 2. The molecular formula is C12H27N3O2. The average molecular weight is 245 g/mol. The predicted octanol–water partition coefficient (Wildman–Crippen LogP) is 1.65. The van der Waals surface area contributed by atoms with Crippen LogP contribution in [0.1, 0.15) is 40.5 Å². The maximum atomic E-state index is 11.3. The fraction of sp³-hybridized carbons (Fsp3) is 0.917. The first-order valence-corrected chi connectivity index (χ1v) is 6.41. The normalized spacial score (nSPS) is 10.9. The van der Waals surface area contributed by atoms with Crippen molar-refractivity contribution in [1.82, 2.24) is 16.1 Å². The average Bonchev–Trinajstić information content (AvgIpc) is 2.23. The Bertz CT molecular complexity index is 196. The maximum absolute atomic E-state index is 11.3. The van der Waals surface area contributed by atoms with Crippen molar-refractivity contribution in [3.05, 3.63) is 0 Å². The first kappa shape index (κ1) is 16.2. The lowest BCUT2D eigenvalue weighted by atomic mass is 10.1. The molecule has 3 N–H and O–H groups in total. The molecule has 5 nitrogen and oxygen atoms in total. The molecule has 0 aromatic rings. The zero-order valence-corrected chi connectivity index (χ0v) is 11.5. The minimum Gasteiger partial charge on any atom is -0.338 e. The minimum atomic E-state index is -0.123. The summed E-state index contributed by atoms with van der Waals surface area (Å²) in [6, 6.07) is 0.168. The first-order valence-electron chi connectivity index (χ1n) is 6.41. The molecule has 0 saturated heterocycles. The highest BCUT2D eigenvalue weighted by Gasteiger charge is 1.99. The van der Waals surface area contributed by atoms with Crippen molar-refractivity contribution in [2.45, 2.75) is 46.6 Å². The van der Waals surface area contributed by atoms with Crippen LogP contribution in [0.2, 0.25) is 0 Å². The third-order valence-electron chi connectivity index (χ3n) is 2.05. The van der Waals surface area contributed by atoms with Crippen molar-refractivity contribution >= 4 is 6.03 Å². The SMILES string of the molecule is CC(C)CCCNC(=O)NCCONC(C)C. The van der Waals surface area contributed by atoms with Crippen molar-refractivity contribution in [2.24, 2.45) is 5.92 Å². The first-order chi connectivity index (χ1) is 8.02. The van der Waals surface area contributed by atoms with E-state index in [1.807, 2.05) is 13.8 Å². The highest BCUT2D eigenvalue weighted by molar-refractivity contribution is 5.73. The van der Waals surface area contributed by atoms with Gasteiger partial charge in [0.25, 0.3) is 0 Å². The van der Waals surface area contributed by atoms with Crippen LogP contribution in [0, 0.1) is 5.92 Å². The van der Waals surface area contributed by atoms with Gasteiger partial charge in [-0.05, 0) is 32.6 Å². The standard InChI is InChI=1S/C12H27N3O2/c1-10(2)6-5-7-13-12(16)14-8-9-17-15-11(3)4/h10-11,15H,5-9H2,1-4H3,(H2,13,14,16). The number of hydroxylamine groups is 1. The van der Waals surface area contributed by atoms with E-state index in [2.05, 4.69) is 30.0 Å². The topological polar surface area (TPSA) is 62.4 Å². The van der Waals surface area contributed by atoms with Crippen LogP contribution in [0.25, 0.3) is 0 Å². The molecule has 17 heavy (non-hydrogen) atoms. The third-order valence-corrected chi connectivity index (χ3v) is 2.05. The van der Waals surface area contributed by atoms with E-state index in [4.69, 9.17) is 4.84 Å². The lowest BCUT2D eigenvalue weighted by Gasteiger charge is -2.10. The summed E-state index contributed by atoms with van der Waals surface area (Å²) in [5.41, 5.74) is 2.81. The molecule has 0 aromatic heterocycles. The van der Waals surface area contributed by atoms with Crippen LogP contribution < -0.4 is 16.1 Å². The highest BCUT2D eigenvalue weighted by Crippen LogP contribution is 2.01. The van der Waals surface area contributed by atoms with Gasteiger partial charge >= 0.3 is 6.03 Å². The molecule has 0 saturated carbocycles. The summed E-state index contributed by atoms with van der Waals surface area (Å²) in [5.74, 6) is 0.690. The molecule has 0 rings (SSSR count). The van der Waals surface area contributed by atoms with E-state index in [9.17, 15) is 4.79 Å². The summed E-state index contributed by atoms with van der Waals surface area (Å²) in [5, 5.41) is 5.54. The minimum absolute atomic E-state index is 0.123. The summed E-state index contributed by atoms with van der Waals surface area (Å²) < 4.78 is 0. The molecule has 2 amide bonds. The number of nitrogens with one attached hydrogen (secondary N) is 3. The molecule has 0 heterocycles. The molecule has 0 aliphatic rings.